The third kappa shape index (κ3) is 2.58. The summed E-state index contributed by atoms with van der Waals surface area (Å²) in [5, 5.41) is 5.92. The van der Waals surface area contributed by atoms with Crippen molar-refractivity contribution in [1.29, 1.82) is 0 Å². The summed E-state index contributed by atoms with van der Waals surface area (Å²) >= 11 is 0. The molecule has 106 valence electrons. The SMILES string of the molecule is O=P1(O)OP(=O)(O)O[PH]2(N[C@@H]3CCCC[C@H]3N2)O1. The molecule has 9 nitrogen and oxygen atoms in total. The van der Waals surface area contributed by atoms with Crippen LogP contribution < -0.4 is 10.2 Å². The van der Waals surface area contributed by atoms with E-state index in [1.54, 1.807) is 0 Å². The number of hydrogen-bond acceptors (Lipinski definition) is 7. The number of fused-ring (bicyclic) bond motifs is 1. The number of rotatable bonds is 0. The molecule has 3 aliphatic rings. The monoisotopic (exact) mass is 320 g/mol. The summed E-state index contributed by atoms with van der Waals surface area (Å²) in [4.78, 5) is 18.6. The van der Waals surface area contributed by atoms with Crippen LogP contribution in [0, 0.1) is 0 Å². The molecule has 2 aliphatic heterocycles. The van der Waals surface area contributed by atoms with E-state index in [2.05, 4.69) is 14.5 Å². The van der Waals surface area contributed by atoms with Crippen molar-refractivity contribution in [3.63, 3.8) is 0 Å². The van der Waals surface area contributed by atoms with Gasteiger partial charge < -0.3 is 0 Å². The average molecular weight is 320 g/mol. The average Bonchev–Trinajstić information content (AvgIpc) is 2.48. The summed E-state index contributed by atoms with van der Waals surface area (Å²) in [5.74, 6) is 0. The van der Waals surface area contributed by atoms with Crippen molar-refractivity contribution in [3.8, 4) is 0 Å². The normalized spacial score (nSPS) is 53.0. The first-order valence-electron chi connectivity index (χ1n) is 5.63. The molecular formula is C6H15N2O7P3. The molecule has 1 spiro atoms. The van der Waals surface area contributed by atoms with Crippen LogP contribution >= 0.6 is 23.7 Å². The minimum absolute atomic E-state index is 0.0310. The topological polar surface area (TPSA) is 126 Å². The number of nitrogens with one attached hydrogen (secondary N) is 2. The Morgan fingerprint density at radius 2 is 1.44 bits per heavy atom. The fourth-order valence-corrected chi connectivity index (χ4v) is 10.2. The second kappa shape index (κ2) is 4.30. The second-order valence-corrected chi connectivity index (χ2v) is 10.4. The van der Waals surface area contributed by atoms with Crippen LogP contribution in [0.5, 0.6) is 0 Å². The van der Waals surface area contributed by atoms with E-state index in [1.807, 2.05) is 0 Å². The van der Waals surface area contributed by atoms with E-state index >= 15 is 0 Å². The van der Waals surface area contributed by atoms with Gasteiger partial charge in [0.1, 0.15) is 0 Å². The van der Waals surface area contributed by atoms with E-state index in [9.17, 15) is 18.9 Å². The van der Waals surface area contributed by atoms with Gasteiger partial charge in [0.15, 0.2) is 0 Å². The van der Waals surface area contributed by atoms with Crippen LogP contribution in [-0.2, 0) is 22.1 Å². The van der Waals surface area contributed by atoms with Gasteiger partial charge in [-0.25, -0.2) is 0 Å². The predicted octanol–water partition coefficient (Wildman–Crippen LogP) is 1.16. The number of hydrogen-bond donors (Lipinski definition) is 4. The van der Waals surface area contributed by atoms with Crippen molar-refractivity contribution in [1.82, 2.24) is 10.2 Å². The Labute approximate surface area is 104 Å². The molecule has 0 aromatic rings. The summed E-state index contributed by atoms with van der Waals surface area (Å²) in [6, 6.07) is 0.0621. The van der Waals surface area contributed by atoms with Crippen LogP contribution in [0.3, 0.4) is 0 Å². The van der Waals surface area contributed by atoms with Crippen LogP contribution in [0.15, 0.2) is 0 Å². The quantitative estimate of drug-likeness (QED) is 0.486. The van der Waals surface area contributed by atoms with Crippen LogP contribution in [0.2, 0.25) is 0 Å². The van der Waals surface area contributed by atoms with E-state index in [4.69, 9.17) is 8.62 Å². The Morgan fingerprint density at radius 3 is 1.89 bits per heavy atom. The summed E-state index contributed by atoms with van der Waals surface area (Å²) in [5.41, 5.74) is 0. The molecule has 12 heteroatoms. The molecule has 3 rings (SSSR count). The van der Waals surface area contributed by atoms with Crippen molar-refractivity contribution < 1.29 is 31.8 Å². The molecule has 0 aromatic heterocycles. The van der Waals surface area contributed by atoms with E-state index in [-0.39, 0.29) is 12.1 Å². The molecule has 0 radical (unpaired) electrons. The molecule has 1 aliphatic carbocycles. The maximum absolute atomic E-state index is 11.5. The Kier molecular flexibility index (Phi) is 3.25. The van der Waals surface area contributed by atoms with Crippen LogP contribution in [0.1, 0.15) is 25.7 Å². The van der Waals surface area contributed by atoms with Gasteiger partial charge >= 0.3 is 103 Å². The Balaban J connectivity index is 1.87. The van der Waals surface area contributed by atoms with Crippen molar-refractivity contribution in [2.45, 2.75) is 37.8 Å². The summed E-state index contributed by atoms with van der Waals surface area (Å²) < 4.78 is 36.8. The molecule has 2 saturated heterocycles. The predicted molar refractivity (Wildman–Crippen MR) is 63.5 cm³/mol. The van der Waals surface area contributed by atoms with Gasteiger partial charge in [0.25, 0.3) is 0 Å². The Hall–Kier alpha value is 0.610. The fraction of sp³-hybridized carbons (Fsp3) is 1.00. The van der Waals surface area contributed by atoms with Gasteiger partial charge in [-0.15, -0.1) is 0 Å². The third-order valence-electron chi connectivity index (χ3n) is 3.21. The first kappa shape index (κ1) is 13.6. The van der Waals surface area contributed by atoms with Gasteiger partial charge in [-0.05, 0) is 0 Å². The van der Waals surface area contributed by atoms with Gasteiger partial charge in [-0.3, -0.25) is 0 Å². The molecule has 4 N–H and O–H groups in total. The van der Waals surface area contributed by atoms with Gasteiger partial charge in [0.05, 0.1) is 0 Å². The summed E-state index contributed by atoms with van der Waals surface area (Å²) in [6.07, 6.45) is 3.80. The fourth-order valence-electron chi connectivity index (χ4n) is 2.62. The molecule has 3 fully saturated rings. The molecule has 18 heavy (non-hydrogen) atoms. The van der Waals surface area contributed by atoms with Gasteiger partial charge in [0, 0.05) is 0 Å². The van der Waals surface area contributed by atoms with Gasteiger partial charge in [-0.2, -0.15) is 0 Å². The van der Waals surface area contributed by atoms with Gasteiger partial charge in [-0.1, -0.05) is 0 Å². The molecule has 4 atom stereocenters. The van der Waals surface area contributed by atoms with Crippen molar-refractivity contribution in [3.05, 3.63) is 0 Å². The van der Waals surface area contributed by atoms with Crippen LogP contribution in [-0.4, -0.2) is 21.9 Å². The van der Waals surface area contributed by atoms with Crippen LogP contribution in [0.4, 0.5) is 0 Å². The first-order chi connectivity index (χ1) is 8.29. The van der Waals surface area contributed by atoms with Crippen molar-refractivity contribution in [2.24, 2.45) is 0 Å². The number of phosphoric acid groups is 2. The molecule has 0 bridgehead atoms. The molecule has 0 aromatic carbocycles. The van der Waals surface area contributed by atoms with E-state index in [0.29, 0.717) is 0 Å². The van der Waals surface area contributed by atoms with Crippen molar-refractivity contribution in [2.75, 3.05) is 0 Å². The molecular weight excluding hydrogens is 305 g/mol. The Morgan fingerprint density at radius 1 is 1.00 bits per heavy atom. The summed E-state index contributed by atoms with van der Waals surface area (Å²) in [7, 11) is -12.7. The second-order valence-electron chi connectivity index (χ2n) is 4.60. The van der Waals surface area contributed by atoms with Crippen LogP contribution in [0.25, 0.3) is 0 Å². The third-order valence-corrected chi connectivity index (χ3v) is 10.3. The standard InChI is InChI=1S/C6H15N2O7P3/c9-17(10)13-16(14-18(11,12)15-17)7-5-3-1-2-4-6(5)8-16/h5-8,16H,1-4H2,(H,9,10)(H,11,12)/t5-,6-/m1/s1. The van der Waals surface area contributed by atoms with E-state index in [1.165, 1.54) is 0 Å². The zero-order valence-electron chi connectivity index (χ0n) is 9.31. The van der Waals surface area contributed by atoms with E-state index < -0.39 is 23.7 Å². The maximum atomic E-state index is 11.5. The van der Waals surface area contributed by atoms with Gasteiger partial charge in [0.2, 0.25) is 0 Å². The van der Waals surface area contributed by atoms with Crippen molar-refractivity contribution >= 4 is 23.7 Å². The molecule has 2 heterocycles. The minimum atomic E-state index is -4.58. The molecule has 0 amide bonds. The Bertz CT molecular complexity index is 418. The molecule has 1 saturated carbocycles. The first-order valence-corrected chi connectivity index (χ1v) is 10.4. The zero-order chi connectivity index (χ0) is 13.0. The van der Waals surface area contributed by atoms with E-state index in [0.717, 1.165) is 25.7 Å². The summed E-state index contributed by atoms with van der Waals surface area (Å²) in [6.45, 7) is 0. The zero-order valence-corrected chi connectivity index (χ0v) is 12.1. The molecule has 2 unspecified atom stereocenters.